The van der Waals surface area contributed by atoms with E-state index in [-0.39, 0.29) is 24.2 Å². The Hall–Kier alpha value is -2.64. The first-order valence-corrected chi connectivity index (χ1v) is 10.3. The van der Waals surface area contributed by atoms with Crippen LogP contribution in [-0.4, -0.2) is 40.5 Å². The average Bonchev–Trinajstić information content (AvgIpc) is 2.74. The molecule has 0 aliphatic carbocycles. The van der Waals surface area contributed by atoms with Gasteiger partial charge in [-0.1, -0.05) is 72.4 Å². The summed E-state index contributed by atoms with van der Waals surface area (Å²) in [7, 11) is 0. The number of ether oxygens (including phenoxy) is 1. The molecule has 6 nitrogen and oxygen atoms in total. The van der Waals surface area contributed by atoms with E-state index in [1.54, 1.807) is 0 Å². The molecule has 0 saturated carbocycles. The number of aliphatic hydroxyl groups excluding tert-OH is 1. The second kappa shape index (κ2) is 12.0. The van der Waals surface area contributed by atoms with Gasteiger partial charge in [-0.3, -0.25) is 9.59 Å². The van der Waals surface area contributed by atoms with E-state index in [9.17, 15) is 19.5 Å². The van der Waals surface area contributed by atoms with Gasteiger partial charge in [0.2, 0.25) is 5.91 Å². The van der Waals surface area contributed by atoms with Crippen LogP contribution in [0, 0.1) is 5.92 Å². The number of hydrogen-bond acceptors (Lipinski definition) is 6. The van der Waals surface area contributed by atoms with Gasteiger partial charge >= 0.3 is 5.97 Å². The molecule has 0 aliphatic heterocycles. The van der Waals surface area contributed by atoms with Crippen LogP contribution < -0.4 is 5.32 Å². The molecule has 0 fully saturated rings. The molecule has 0 spiro atoms. The lowest BCUT2D eigenvalue weighted by Gasteiger charge is -2.17. The predicted molar refractivity (Wildman–Crippen MR) is 112 cm³/mol. The van der Waals surface area contributed by atoms with E-state index >= 15 is 0 Å². The SMILES string of the molecule is CC(=O)SCC(Cc1ccccc1)C(=O)NC[C@H](O)C(=O)OCc1ccccc1. The lowest BCUT2D eigenvalue weighted by atomic mass is 10.00. The summed E-state index contributed by atoms with van der Waals surface area (Å²) in [4.78, 5) is 35.8. The highest BCUT2D eigenvalue weighted by Gasteiger charge is 2.23. The fraction of sp³-hybridized carbons (Fsp3) is 0.318. The molecule has 0 aliphatic rings. The van der Waals surface area contributed by atoms with Crippen LogP contribution in [-0.2, 0) is 32.1 Å². The largest absolute Gasteiger partial charge is 0.459 e. The Morgan fingerprint density at radius 1 is 1.00 bits per heavy atom. The van der Waals surface area contributed by atoms with Gasteiger partial charge in [0.1, 0.15) is 6.61 Å². The van der Waals surface area contributed by atoms with Crippen molar-refractivity contribution in [1.82, 2.24) is 5.32 Å². The van der Waals surface area contributed by atoms with Crippen LogP contribution in [0.2, 0.25) is 0 Å². The summed E-state index contributed by atoms with van der Waals surface area (Å²) in [5, 5.41) is 12.5. The minimum absolute atomic E-state index is 0.0521. The summed E-state index contributed by atoms with van der Waals surface area (Å²) in [5.74, 6) is -1.26. The lowest BCUT2D eigenvalue weighted by Crippen LogP contribution is -2.41. The van der Waals surface area contributed by atoms with Gasteiger partial charge in [0.15, 0.2) is 11.2 Å². The number of thioether (sulfide) groups is 1. The molecule has 1 amide bonds. The van der Waals surface area contributed by atoms with Crippen LogP contribution in [0.1, 0.15) is 18.1 Å². The quantitative estimate of drug-likeness (QED) is 0.579. The average molecular weight is 416 g/mol. The summed E-state index contributed by atoms with van der Waals surface area (Å²) >= 11 is 1.08. The van der Waals surface area contributed by atoms with Crippen molar-refractivity contribution in [3.63, 3.8) is 0 Å². The second-order valence-electron chi connectivity index (χ2n) is 6.54. The van der Waals surface area contributed by atoms with E-state index < -0.39 is 18.0 Å². The summed E-state index contributed by atoms with van der Waals surface area (Å²) in [6.07, 6.45) is -0.998. The minimum atomic E-state index is -1.46. The van der Waals surface area contributed by atoms with E-state index in [0.717, 1.165) is 22.9 Å². The number of hydrogen-bond donors (Lipinski definition) is 2. The molecule has 29 heavy (non-hydrogen) atoms. The molecule has 2 N–H and O–H groups in total. The van der Waals surface area contributed by atoms with E-state index in [0.29, 0.717) is 12.2 Å². The van der Waals surface area contributed by atoms with E-state index in [1.807, 2.05) is 60.7 Å². The zero-order valence-electron chi connectivity index (χ0n) is 16.2. The number of nitrogens with one attached hydrogen (secondary N) is 1. The van der Waals surface area contributed by atoms with Crippen molar-refractivity contribution in [3.8, 4) is 0 Å². The summed E-state index contributed by atoms with van der Waals surface area (Å²) in [5.41, 5.74) is 1.78. The van der Waals surface area contributed by atoms with Crippen molar-refractivity contribution in [2.45, 2.75) is 26.1 Å². The van der Waals surface area contributed by atoms with Crippen LogP contribution >= 0.6 is 11.8 Å². The molecule has 2 atom stereocenters. The first-order chi connectivity index (χ1) is 14.0. The van der Waals surface area contributed by atoms with Crippen molar-refractivity contribution < 1.29 is 24.2 Å². The van der Waals surface area contributed by atoms with Gasteiger partial charge in [-0.25, -0.2) is 4.79 Å². The molecular formula is C22H25NO5S. The molecule has 154 valence electrons. The van der Waals surface area contributed by atoms with Crippen LogP contribution in [0.5, 0.6) is 0 Å². The van der Waals surface area contributed by atoms with Crippen molar-refractivity contribution in [3.05, 3.63) is 71.8 Å². The van der Waals surface area contributed by atoms with Crippen molar-refractivity contribution in [1.29, 1.82) is 0 Å². The first-order valence-electron chi connectivity index (χ1n) is 9.29. The molecule has 2 aromatic carbocycles. The number of esters is 1. The molecule has 0 radical (unpaired) electrons. The highest BCUT2D eigenvalue weighted by molar-refractivity contribution is 8.13. The summed E-state index contributed by atoms with van der Waals surface area (Å²) in [6, 6.07) is 18.6. The molecular weight excluding hydrogens is 390 g/mol. The topological polar surface area (TPSA) is 92.7 Å². The third kappa shape index (κ3) is 8.50. The number of rotatable bonds is 10. The zero-order chi connectivity index (χ0) is 21.1. The maximum Gasteiger partial charge on any atom is 0.337 e. The Kier molecular flexibility index (Phi) is 9.40. The highest BCUT2D eigenvalue weighted by atomic mass is 32.2. The third-order valence-corrected chi connectivity index (χ3v) is 5.12. The molecule has 0 heterocycles. The fourth-order valence-corrected chi connectivity index (χ4v) is 3.30. The molecule has 2 aromatic rings. The minimum Gasteiger partial charge on any atom is -0.459 e. The van der Waals surface area contributed by atoms with E-state index in [2.05, 4.69) is 5.32 Å². The number of carbonyl (C=O) groups excluding carboxylic acids is 3. The van der Waals surface area contributed by atoms with Gasteiger partial charge in [-0.2, -0.15) is 0 Å². The van der Waals surface area contributed by atoms with E-state index in [4.69, 9.17) is 4.74 Å². The maximum atomic E-state index is 12.6. The van der Waals surface area contributed by atoms with Gasteiger partial charge in [0.25, 0.3) is 0 Å². The Bertz CT molecular complexity index is 797. The van der Waals surface area contributed by atoms with Crippen molar-refractivity contribution in [2.75, 3.05) is 12.3 Å². The lowest BCUT2D eigenvalue weighted by molar-refractivity contribution is -0.154. The predicted octanol–water partition coefficient (Wildman–Crippen LogP) is 2.35. The summed E-state index contributed by atoms with van der Waals surface area (Å²) in [6.45, 7) is 1.26. The Balaban J connectivity index is 1.85. The standard InChI is InChI=1S/C22H25NO5S/c1-16(24)29-15-19(12-17-8-4-2-5-9-17)21(26)23-13-20(25)22(27)28-14-18-10-6-3-7-11-18/h2-11,19-20,25H,12-15H2,1H3,(H,23,26)/t19?,20-/m0/s1. The van der Waals surface area contributed by atoms with Crippen LogP contribution in [0.3, 0.4) is 0 Å². The van der Waals surface area contributed by atoms with Crippen molar-refractivity contribution >= 4 is 28.8 Å². The number of benzene rings is 2. The van der Waals surface area contributed by atoms with Gasteiger partial charge in [-0.05, 0) is 17.5 Å². The van der Waals surface area contributed by atoms with Gasteiger partial charge in [-0.15, -0.1) is 0 Å². The van der Waals surface area contributed by atoms with Crippen LogP contribution in [0.15, 0.2) is 60.7 Å². The normalized spacial score (nSPS) is 12.6. The van der Waals surface area contributed by atoms with Crippen LogP contribution in [0.4, 0.5) is 0 Å². The highest BCUT2D eigenvalue weighted by Crippen LogP contribution is 2.16. The Morgan fingerprint density at radius 3 is 2.17 bits per heavy atom. The van der Waals surface area contributed by atoms with E-state index in [1.165, 1.54) is 6.92 Å². The smallest absolute Gasteiger partial charge is 0.337 e. The number of amides is 1. The van der Waals surface area contributed by atoms with Gasteiger partial charge < -0.3 is 15.2 Å². The maximum absolute atomic E-state index is 12.6. The van der Waals surface area contributed by atoms with Crippen molar-refractivity contribution in [2.24, 2.45) is 5.92 Å². The van der Waals surface area contributed by atoms with Gasteiger partial charge in [0, 0.05) is 12.7 Å². The molecule has 7 heteroatoms. The van der Waals surface area contributed by atoms with Crippen LogP contribution in [0.25, 0.3) is 0 Å². The Morgan fingerprint density at radius 2 is 1.59 bits per heavy atom. The first kappa shape index (κ1) is 22.6. The fourth-order valence-electron chi connectivity index (χ4n) is 2.59. The number of aliphatic hydroxyl groups is 1. The monoisotopic (exact) mass is 415 g/mol. The summed E-state index contributed by atoms with van der Waals surface area (Å²) < 4.78 is 5.07. The molecule has 2 rings (SSSR count). The molecule has 1 unspecified atom stereocenters. The zero-order valence-corrected chi connectivity index (χ0v) is 17.1. The molecule has 0 bridgehead atoms. The molecule has 0 saturated heterocycles. The second-order valence-corrected chi connectivity index (χ2v) is 7.74. The Labute approximate surface area is 174 Å². The van der Waals surface area contributed by atoms with Gasteiger partial charge in [0.05, 0.1) is 12.5 Å². The molecule has 0 aromatic heterocycles. The third-order valence-electron chi connectivity index (χ3n) is 4.15. The number of carbonyl (C=O) groups is 3.